The lowest BCUT2D eigenvalue weighted by Gasteiger charge is -2.08. The molecule has 2 N–H and O–H groups in total. The fraction of sp³-hybridized carbons (Fsp3) is 0.0667. The van der Waals surface area contributed by atoms with Crippen LogP contribution in [0.1, 0.15) is 20.7 Å². The van der Waals surface area contributed by atoms with E-state index in [4.69, 9.17) is 9.84 Å². The van der Waals surface area contributed by atoms with Crippen molar-refractivity contribution in [3.63, 3.8) is 0 Å². The average Bonchev–Trinajstić information content (AvgIpc) is 2.49. The molecule has 0 heterocycles. The van der Waals surface area contributed by atoms with Crippen molar-refractivity contribution in [2.45, 2.75) is 0 Å². The van der Waals surface area contributed by atoms with Crippen molar-refractivity contribution >= 4 is 17.6 Å². The molecule has 0 atom stereocenters. The van der Waals surface area contributed by atoms with Crippen molar-refractivity contribution in [1.82, 2.24) is 0 Å². The van der Waals surface area contributed by atoms with Gasteiger partial charge in [0, 0.05) is 5.56 Å². The van der Waals surface area contributed by atoms with E-state index in [0.717, 1.165) is 18.2 Å². The summed E-state index contributed by atoms with van der Waals surface area (Å²) in [7, 11) is 1.50. The number of carboxylic acid groups (broad SMARTS) is 1. The first-order chi connectivity index (χ1) is 10.0. The Labute approximate surface area is 120 Å². The predicted octanol–water partition coefficient (Wildman–Crippen LogP) is 2.78. The first-order valence-corrected chi connectivity index (χ1v) is 5.99. The third kappa shape index (κ3) is 3.36. The topological polar surface area (TPSA) is 75.6 Å². The molecular formula is C15H12FNO4. The Hall–Kier alpha value is -2.89. The standard InChI is InChI=1S/C15H12FNO4/c1-21-11-5-2-9(3-6-11)14(18)17-13-8-10(15(19)20)4-7-12(13)16/h2-8H,1H3,(H,17,18)(H,19,20). The summed E-state index contributed by atoms with van der Waals surface area (Å²) in [6, 6.07) is 9.42. The van der Waals surface area contributed by atoms with Crippen molar-refractivity contribution in [3.8, 4) is 5.75 Å². The van der Waals surface area contributed by atoms with Gasteiger partial charge in [-0.2, -0.15) is 0 Å². The molecule has 0 saturated carbocycles. The van der Waals surface area contributed by atoms with Gasteiger partial charge >= 0.3 is 5.97 Å². The number of aromatic carboxylic acids is 1. The highest BCUT2D eigenvalue weighted by atomic mass is 19.1. The highest BCUT2D eigenvalue weighted by Crippen LogP contribution is 2.18. The summed E-state index contributed by atoms with van der Waals surface area (Å²) < 4.78 is 18.6. The third-order valence-electron chi connectivity index (χ3n) is 2.81. The Morgan fingerprint density at radius 3 is 2.29 bits per heavy atom. The number of carbonyl (C=O) groups excluding carboxylic acids is 1. The van der Waals surface area contributed by atoms with Crippen LogP contribution in [-0.4, -0.2) is 24.1 Å². The normalized spacial score (nSPS) is 10.0. The van der Waals surface area contributed by atoms with Gasteiger partial charge in [-0.25, -0.2) is 9.18 Å². The molecule has 5 nitrogen and oxygen atoms in total. The Kier molecular flexibility index (Phi) is 4.18. The summed E-state index contributed by atoms with van der Waals surface area (Å²) in [4.78, 5) is 22.8. The average molecular weight is 289 g/mol. The van der Waals surface area contributed by atoms with Crippen LogP contribution in [-0.2, 0) is 0 Å². The van der Waals surface area contributed by atoms with Crippen LogP contribution in [0.15, 0.2) is 42.5 Å². The number of amides is 1. The largest absolute Gasteiger partial charge is 0.497 e. The number of hydrogen-bond donors (Lipinski definition) is 2. The molecule has 0 radical (unpaired) electrons. The molecule has 108 valence electrons. The van der Waals surface area contributed by atoms with Gasteiger partial charge in [-0.05, 0) is 42.5 Å². The third-order valence-corrected chi connectivity index (χ3v) is 2.81. The van der Waals surface area contributed by atoms with Crippen LogP contribution >= 0.6 is 0 Å². The van der Waals surface area contributed by atoms with Crippen molar-refractivity contribution in [3.05, 3.63) is 59.4 Å². The molecule has 0 aromatic heterocycles. The smallest absolute Gasteiger partial charge is 0.335 e. The summed E-state index contributed by atoms with van der Waals surface area (Å²) in [6.45, 7) is 0. The van der Waals surface area contributed by atoms with Gasteiger partial charge in [0.05, 0.1) is 18.4 Å². The first-order valence-electron chi connectivity index (χ1n) is 5.99. The number of methoxy groups -OCH3 is 1. The second-order valence-electron chi connectivity index (χ2n) is 4.18. The van der Waals surface area contributed by atoms with E-state index >= 15 is 0 Å². The van der Waals surface area contributed by atoms with Crippen LogP contribution in [0.2, 0.25) is 0 Å². The summed E-state index contributed by atoms with van der Waals surface area (Å²) in [6.07, 6.45) is 0. The van der Waals surface area contributed by atoms with E-state index in [1.807, 2.05) is 0 Å². The van der Waals surface area contributed by atoms with Crippen molar-refractivity contribution in [2.24, 2.45) is 0 Å². The van der Waals surface area contributed by atoms with E-state index in [0.29, 0.717) is 11.3 Å². The van der Waals surface area contributed by atoms with E-state index in [2.05, 4.69) is 5.32 Å². The van der Waals surface area contributed by atoms with Crippen LogP contribution in [0.25, 0.3) is 0 Å². The Morgan fingerprint density at radius 1 is 1.10 bits per heavy atom. The quantitative estimate of drug-likeness (QED) is 0.907. The molecule has 0 aliphatic rings. The lowest BCUT2D eigenvalue weighted by molar-refractivity contribution is 0.0696. The van der Waals surface area contributed by atoms with E-state index in [1.165, 1.54) is 19.2 Å². The van der Waals surface area contributed by atoms with E-state index in [9.17, 15) is 14.0 Å². The number of benzene rings is 2. The number of halogens is 1. The van der Waals surface area contributed by atoms with Crippen molar-refractivity contribution in [1.29, 1.82) is 0 Å². The summed E-state index contributed by atoms with van der Waals surface area (Å²) in [5.41, 5.74) is 0.00748. The van der Waals surface area contributed by atoms with Crippen molar-refractivity contribution in [2.75, 3.05) is 12.4 Å². The highest BCUT2D eigenvalue weighted by Gasteiger charge is 2.12. The lowest BCUT2D eigenvalue weighted by atomic mass is 10.1. The SMILES string of the molecule is COc1ccc(C(=O)Nc2cc(C(=O)O)ccc2F)cc1. The van der Waals surface area contributed by atoms with Crippen LogP contribution in [0.3, 0.4) is 0 Å². The number of hydrogen-bond acceptors (Lipinski definition) is 3. The molecule has 0 aliphatic carbocycles. The minimum Gasteiger partial charge on any atom is -0.497 e. The van der Waals surface area contributed by atoms with Gasteiger partial charge < -0.3 is 15.2 Å². The van der Waals surface area contributed by atoms with E-state index in [1.54, 1.807) is 12.1 Å². The van der Waals surface area contributed by atoms with Gasteiger partial charge in [-0.15, -0.1) is 0 Å². The molecular weight excluding hydrogens is 277 g/mol. The number of ether oxygens (including phenoxy) is 1. The van der Waals surface area contributed by atoms with Gasteiger partial charge in [-0.3, -0.25) is 4.79 Å². The van der Waals surface area contributed by atoms with Crippen molar-refractivity contribution < 1.29 is 23.8 Å². The minimum absolute atomic E-state index is 0.110. The zero-order valence-electron chi connectivity index (χ0n) is 11.1. The summed E-state index contributed by atoms with van der Waals surface area (Å²) in [5.74, 6) is -1.86. The van der Waals surface area contributed by atoms with Crippen LogP contribution in [0, 0.1) is 5.82 Å². The first kappa shape index (κ1) is 14.5. The summed E-state index contributed by atoms with van der Waals surface area (Å²) in [5, 5.41) is 11.2. The Morgan fingerprint density at radius 2 is 1.71 bits per heavy atom. The van der Waals surface area contributed by atoms with Crippen LogP contribution < -0.4 is 10.1 Å². The number of carbonyl (C=O) groups is 2. The van der Waals surface area contributed by atoms with Gasteiger partial charge in [0.15, 0.2) is 0 Å². The molecule has 6 heteroatoms. The summed E-state index contributed by atoms with van der Waals surface area (Å²) >= 11 is 0. The maximum absolute atomic E-state index is 13.6. The molecule has 0 aliphatic heterocycles. The number of rotatable bonds is 4. The number of nitrogens with one attached hydrogen (secondary N) is 1. The zero-order chi connectivity index (χ0) is 15.4. The molecule has 1 amide bonds. The van der Waals surface area contributed by atoms with Gasteiger partial charge in [-0.1, -0.05) is 0 Å². The molecule has 0 fully saturated rings. The Bertz CT molecular complexity index is 683. The fourth-order valence-corrected chi connectivity index (χ4v) is 1.69. The second kappa shape index (κ2) is 6.04. The molecule has 0 bridgehead atoms. The lowest BCUT2D eigenvalue weighted by Crippen LogP contribution is -2.13. The molecule has 2 rings (SSSR count). The molecule has 2 aromatic carbocycles. The van der Waals surface area contributed by atoms with Crippen LogP contribution in [0.5, 0.6) is 5.75 Å². The number of anilines is 1. The zero-order valence-corrected chi connectivity index (χ0v) is 11.1. The van der Waals surface area contributed by atoms with Gasteiger partial charge in [0.25, 0.3) is 5.91 Å². The fourth-order valence-electron chi connectivity index (χ4n) is 1.69. The maximum Gasteiger partial charge on any atom is 0.335 e. The van der Waals surface area contributed by atoms with E-state index in [-0.39, 0.29) is 11.3 Å². The Balaban J connectivity index is 2.22. The molecule has 0 spiro atoms. The molecule has 0 saturated heterocycles. The molecule has 21 heavy (non-hydrogen) atoms. The highest BCUT2D eigenvalue weighted by molar-refractivity contribution is 6.04. The van der Waals surface area contributed by atoms with Crippen LogP contribution in [0.4, 0.5) is 10.1 Å². The second-order valence-corrected chi connectivity index (χ2v) is 4.18. The molecule has 2 aromatic rings. The molecule has 0 unspecified atom stereocenters. The predicted molar refractivity (Wildman–Crippen MR) is 74.3 cm³/mol. The minimum atomic E-state index is -1.20. The van der Waals surface area contributed by atoms with Gasteiger partial charge in [0.2, 0.25) is 0 Å². The van der Waals surface area contributed by atoms with E-state index < -0.39 is 17.7 Å². The monoisotopic (exact) mass is 289 g/mol. The number of carboxylic acids is 1. The maximum atomic E-state index is 13.6. The van der Waals surface area contributed by atoms with Gasteiger partial charge in [0.1, 0.15) is 11.6 Å².